The zero-order chi connectivity index (χ0) is 27.7. The Morgan fingerprint density at radius 1 is 1.21 bits per heavy atom. The van der Waals surface area contributed by atoms with Gasteiger partial charge in [0.15, 0.2) is 12.5 Å². The zero-order valence-corrected chi connectivity index (χ0v) is 22.4. The topological polar surface area (TPSA) is 118 Å². The largest absolute Gasteiger partial charge is 0.484 e. The van der Waals surface area contributed by atoms with E-state index in [9.17, 15) is 28.4 Å². The summed E-state index contributed by atoms with van der Waals surface area (Å²) in [5.74, 6) is -1.89. The number of nitriles is 1. The maximum Gasteiger partial charge on any atom is 0.260 e. The van der Waals surface area contributed by atoms with Gasteiger partial charge in [0.2, 0.25) is 11.8 Å². The molecule has 0 saturated carbocycles. The number of thioether (sulfide) groups is 1. The van der Waals surface area contributed by atoms with Crippen LogP contribution in [-0.4, -0.2) is 108 Å². The minimum absolute atomic E-state index is 0.0666. The van der Waals surface area contributed by atoms with Gasteiger partial charge >= 0.3 is 0 Å². The monoisotopic (exact) mass is 552 g/mol. The van der Waals surface area contributed by atoms with Gasteiger partial charge in [-0.2, -0.15) is 5.26 Å². The van der Waals surface area contributed by atoms with Gasteiger partial charge in [-0.1, -0.05) is 13.0 Å². The Balaban J connectivity index is 1.53. The number of piperazine rings is 1. The second-order valence-corrected chi connectivity index (χ2v) is 10.2. The summed E-state index contributed by atoms with van der Waals surface area (Å²) in [6.07, 6.45) is -2.73. The SMILES string of the molecule is CCN1CCN(C(=O)COc2cccc(NCC3SC(C(C#N)C(=O)NCC(F)F)N(CC)C3=O)c2)CC1. The number of hydrogen-bond acceptors (Lipinski definition) is 8. The van der Waals surface area contributed by atoms with E-state index in [1.165, 1.54) is 4.90 Å². The summed E-state index contributed by atoms with van der Waals surface area (Å²) < 4.78 is 30.7. The van der Waals surface area contributed by atoms with Crippen LogP contribution in [0.5, 0.6) is 5.75 Å². The van der Waals surface area contributed by atoms with E-state index in [1.54, 1.807) is 36.1 Å². The maximum absolute atomic E-state index is 12.9. The Kier molecular flexibility index (Phi) is 11.0. The molecule has 0 radical (unpaired) electrons. The molecule has 10 nitrogen and oxygen atoms in total. The molecule has 13 heteroatoms. The lowest BCUT2D eigenvalue weighted by molar-refractivity contribution is -0.135. The third kappa shape index (κ3) is 7.70. The summed E-state index contributed by atoms with van der Waals surface area (Å²) >= 11 is 1.16. The molecule has 3 unspecified atom stereocenters. The Morgan fingerprint density at radius 2 is 1.95 bits per heavy atom. The first kappa shape index (κ1) is 29.4. The fourth-order valence-electron chi connectivity index (χ4n) is 4.34. The molecule has 1 aromatic rings. The molecule has 2 aliphatic heterocycles. The van der Waals surface area contributed by atoms with E-state index in [-0.39, 0.29) is 31.5 Å². The highest BCUT2D eigenvalue weighted by Gasteiger charge is 2.45. The number of carbonyl (C=O) groups excluding carboxylic acids is 3. The predicted octanol–water partition coefficient (Wildman–Crippen LogP) is 1.45. The molecule has 3 atom stereocenters. The third-order valence-electron chi connectivity index (χ3n) is 6.51. The highest BCUT2D eigenvalue weighted by atomic mass is 32.2. The molecule has 2 saturated heterocycles. The number of rotatable bonds is 12. The number of anilines is 1. The summed E-state index contributed by atoms with van der Waals surface area (Å²) in [6.45, 7) is 7.45. The molecule has 3 rings (SSSR count). The fourth-order valence-corrected chi connectivity index (χ4v) is 5.85. The average Bonchev–Trinajstić information content (AvgIpc) is 3.24. The standard InChI is InChI=1S/C25H34F2N6O4S/c1-3-31-8-10-32(11-9-31)22(34)16-37-18-7-5-6-17(12-18)29-14-20-24(36)33(4-2)25(38-20)19(13-28)23(35)30-15-21(26)27/h5-7,12,19-21,25,29H,3-4,8-11,14-16H2,1-2H3,(H,30,35). The molecule has 0 spiro atoms. The molecular formula is C25H34F2N6O4S. The van der Waals surface area contributed by atoms with Crippen LogP contribution in [0.1, 0.15) is 13.8 Å². The first-order valence-electron chi connectivity index (χ1n) is 12.7. The van der Waals surface area contributed by atoms with Crippen molar-refractivity contribution in [2.24, 2.45) is 5.92 Å². The van der Waals surface area contributed by atoms with Crippen molar-refractivity contribution in [3.05, 3.63) is 24.3 Å². The normalized spacial score (nSPS) is 20.8. The minimum atomic E-state index is -2.73. The Morgan fingerprint density at radius 3 is 2.58 bits per heavy atom. The van der Waals surface area contributed by atoms with Crippen molar-refractivity contribution in [2.75, 3.05) is 64.3 Å². The highest BCUT2D eigenvalue weighted by Crippen LogP contribution is 2.36. The predicted molar refractivity (Wildman–Crippen MR) is 140 cm³/mol. The van der Waals surface area contributed by atoms with Crippen molar-refractivity contribution in [3.63, 3.8) is 0 Å². The molecule has 1 aromatic carbocycles. The molecular weight excluding hydrogens is 518 g/mol. The first-order chi connectivity index (χ1) is 18.3. The fraction of sp³-hybridized carbons (Fsp3) is 0.600. The van der Waals surface area contributed by atoms with E-state index in [0.29, 0.717) is 24.5 Å². The molecule has 2 N–H and O–H groups in total. The Labute approximate surface area is 225 Å². The average molecular weight is 553 g/mol. The maximum atomic E-state index is 12.9. The van der Waals surface area contributed by atoms with Crippen molar-refractivity contribution in [1.29, 1.82) is 5.26 Å². The van der Waals surface area contributed by atoms with Crippen LogP contribution in [0, 0.1) is 17.2 Å². The lowest BCUT2D eigenvalue weighted by Gasteiger charge is -2.33. The van der Waals surface area contributed by atoms with Crippen molar-refractivity contribution >= 4 is 35.2 Å². The van der Waals surface area contributed by atoms with E-state index in [1.807, 2.05) is 6.07 Å². The van der Waals surface area contributed by atoms with Gasteiger partial charge in [-0.05, 0) is 25.6 Å². The van der Waals surface area contributed by atoms with Crippen molar-refractivity contribution in [3.8, 4) is 11.8 Å². The number of nitrogens with one attached hydrogen (secondary N) is 2. The summed E-state index contributed by atoms with van der Waals surface area (Å²) in [6, 6.07) is 8.91. The van der Waals surface area contributed by atoms with Crippen LogP contribution in [0.25, 0.3) is 0 Å². The van der Waals surface area contributed by atoms with Crippen molar-refractivity contribution in [2.45, 2.75) is 30.9 Å². The van der Waals surface area contributed by atoms with Gasteiger partial charge in [-0.15, -0.1) is 11.8 Å². The number of ether oxygens (including phenoxy) is 1. The molecule has 0 aromatic heterocycles. The molecule has 0 bridgehead atoms. The first-order valence-corrected chi connectivity index (χ1v) is 13.6. The van der Waals surface area contributed by atoms with Gasteiger partial charge in [-0.25, -0.2) is 8.78 Å². The van der Waals surface area contributed by atoms with Crippen LogP contribution in [-0.2, 0) is 14.4 Å². The lowest BCUT2D eigenvalue weighted by Crippen LogP contribution is -2.49. The van der Waals surface area contributed by atoms with E-state index in [0.717, 1.165) is 31.4 Å². The van der Waals surface area contributed by atoms with Crippen LogP contribution in [0.15, 0.2) is 24.3 Å². The Hall–Kier alpha value is -3.11. The third-order valence-corrected chi connectivity index (χ3v) is 8.01. The number of likely N-dealkylation sites (N-methyl/N-ethyl adjacent to an activating group) is 1. The van der Waals surface area contributed by atoms with Gasteiger partial charge < -0.3 is 30.1 Å². The molecule has 2 aliphatic rings. The second kappa shape index (κ2) is 14.2. The van der Waals surface area contributed by atoms with Gasteiger partial charge in [-0.3, -0.25) is 14.4 Å². The smallest absolute Gasteiger partial charge is 0.260 e. The number of alkyl halides is 2. The number of benzene rings is 1. The second-order valence-electron chi connectivity index (χ2n) is 8.90. The van der Waals surface area contributed by atoms with Gasteiger partial charge in [0.1, 0.15) is 16.4 Å². The van der Waals surface area contributed by atoms with E-state index in [4.69, 9.17) is 4.74 Å². The van der Waals surface area contributed by atoms with Crippen molar-refractivity contribution < 1.29 is 27.9 Å². The highest BCUT2D eigenvalue weighted by molar-refractivity contribution is 8.01. The molecule has 2 fully saturated rings. The number of amides is 3. The summed E-state index contributed by atoms with van der Waals surface area (Å²) in [4.78, 5) is 43.3. The van der Waals surface area contributed by atoms with Crippen LogP contribution in [0.2, 0.25) is 0 Å². The van der Waals surface area contributed by atoms with Crippen molar-refractivity contribution in [1.82, 2.24) is 20.0 Å². The molecule has 38 heavy (non-hydrogen) atoms. The zero-order valence-electron chi connectivity index (χ0n) is 21.6. The molecule has 2 heterocycles. The van der Waals surface area contributed by atoms with E-state index in [2.05, 4.69) is 22.5 Å². The van der Waals surface area contributed by atoms with Gasteiger partial charge in [0.25, 0.3) is 12.3 Å². The summed E-state index contributed by atoms with van der Waals surface area (Å²) in [5, 5.41) is 13.4. The lowest BCUT2D eigenvalue weighted by atomic mass is 10.1. The molecule has 3 amide bonds. The number of nitrogens with zero attached hydrogens (tertiary/aromatic N) is 4. The summed E-state index contributed by atoms with van der Waals surface area (Å²) in [5.41, 5.74) is 0.679. The Bertz CT molecular complexity index is 1020. The van der Waals surface area contributed by atoms with Crippen LogP contribution >= 0.6 is 11.8 Å². The number of hydrogen-bond donors (Lipinski definition) is 2. The summed E-state index contributed by atoms with van der Waals surface area (Å²) in [7, 11) is 0. The van der Waals surface area contributed by atoms with Gasteiger partial charge in [0, 0.05) is 51.0 Å². The number of carbonyl (C=O) groups is 3. The minimum Gasteiger partial charge on any atom is -0.484 e. The molecule has 0 aliphatic carbocycles. The quantitative estimate of drug-likeness (QED) is 0.400. The van der Waals surface area contributed by atoms with E-state index >= 15 is 0 Å². The van der Waals surface area contributed by atoms with E-state index < -0.39 is 35.4 Å². The van der Waals surface area contributed by atoms with Crippen LogP contribution in [0.4, 0.5) is 14.5 Å². The van der Waals surface area contributed by atoms with Crippen LogP contribution < -0.4 is 15.4 Å². The van der Waals surface area contributed by atoms with Gasteiger partial charge in [0.05, 0.1) is 12.6 Å². The molecule has 208 valence electrons. The van der Waals surface area contributed by atoms with Crippen LogP contribution in [0.3, 0.4) is 0 Å². The number of halogens is 2.